The second kappa shape index (κ2) is 8.48. The number of sulfonamides is 2. The molecule has 0 aliphatic carbocycles. The Morgan fingerprint density at radius 3 is 2.44 bits per heavy atom. The van der Waals surface area contributed by atoms with E-state index in [1.165, 1.54) is 28.6 Å². The van der Waals surface area contributed by atoms with Gasteiger partial charge in [-0.15, -0.1) is 0 Å². The summed E-state index contributed by atoms with van der Waals surface area (Å²) in [5, 5.41) is 3.03. The smallest absolute Gasteiger partial charge is 0.243 e. The first-order chi connectivity index (χ1) is 11.8. The van der Waals surface area contributed by atoms with Gasteiger partial charge >= 0.3 is 0 Å². The van der Waals surface area contributed by atoms with Crippen molar-refractivity contribution in [1.82, 2.24) is 9.62 Å². The quantitative estimate of drug-likeness (QED) is 0.669. The molecule has 0 radical (unpaired) electrons. The summed E-state index contributed by atoms with van der Waals surface area (Å²) in [5.41, 5.74) is 0.378. The van der Waals surface area contributed by atoms with Crippen LogP contribution in [0.5, 0.6) is 0 Å². The minimum absolute atomic E-state index is 0.0396. The van der Waals surface area contributed by atoms with E-state index < -0.39 is 20.0 Å². The van der Waals surface area contributed by atoms with E-state index in [1.54, 1.807) is 0 Å². The summed E-state index contributed by atoms with van der Waals surface area (Å²) in [6, 6.07) is 5.88. The van der Waals surface area contributed by atoms with Crippen LogP contribution in [0.15, 0.2) is 29.2 Å². The maximum atomic E-state index is 12.8. The van der Waals surface area contributed by atoms with Crippen molar-refractivity contribution in [2.24, 2.45) is 0 Å². The zero-order valence-electron chi connectivity index (χ0n) is 14.7. The van der Waals surface area contributed by atoms with E-state index in [4.69, 9.17) is 0 Å². The van der Waals surface area contributed by atoms with Crippen molar-refractivity contribution in [2.45, 2.75) is 43.5 Å². The third-order valence-corrected chi connectivity index (χ3v) is 7.60. The average molecular weight is 390 g/mol. The van der Waals surface area contributed by atoms with Crippen molar-refractivity contribution in [3.8, 4) is 0 Å². The van der Waals surface area contributed by atoms with Gasteiger partial charge in [0.25, 0.3) is 0 Å². The van der Waals surface area contributed by atoms with Gasteiger partial charge in [0.15, 0.2) is 0 Å². The number of nitrogens with zero attached hydrogens (tertiary/aromatic N) is 1. The van der Waals surface area contributed by atoms with E-state index in [2.05, 4.69) is 10.0 Å². The molecule has 0 bridgehead atoms. The van der Waals surface area contributed by atoms with Gasteiger partial charge in [-0.1, -0.05) is 13.3 Å². The summed E-state index contributed by atoms with van der Waals surface area (Å²) in [4.78, 5) is 0.187. The third kappa shape index (κ3) is 5.16. The molecule has 0 spiro atoms. The molecule has 7 nitrogen and oxygen atoms in total. The fraction of sp³-hybridized carbons (Fsp3) is 0.625. The van der Waals surface area contributed by atoms with Crippen LogP contribution in [0.25, 0.3) is 0 Å². The van der Waals surface area contributed by atoms with E-state index in [-0.39, 0.29) is 16.7 Å². The lowest BCUT2D eigenvalue weighted by Crippen LogP contribution is -2.40. The van der Waals surface area contributed by atoms with Crippen molar-refractivity contribution in [3.63, 3.8) is 0 Å². The Morgan fingerprint density at radius 1 is 1.16 bits per heavy atom. The average Bonchev–Trinajstić information content (AvgIpc) is 3.03. The van der Waals surface area contributed by atoms with E-state index in [0.29, 0.717) is 25.2 Å². The van der Waals surface area contributed by atoms with Gasteiger partial charge in [0.2, 0.25) is 20.0 Å². The van der Waals surface area contributed by atoms with Gasteiger partial charge in [0.05, 0.1) is 10.6 Å². The Kier molecular flexibility index (Phi) is 6.84. The summed E-state index contributed by atoms with van der Waals surface area (Å²) < 4.78 is 53.5. The lowest BCUT2D eigenvalue weighted by molar-refractivity contribution is 0.379. The molecule has 142 valence electrons. The van der Waals surface area contributed by atoms with Gasteiger partial charge in [-0.25, -0.2) is 16.8 Å². The normalized spacial score (nSPS) is 19.2. The zero-order chi connectivity index (χ0) is 18.5. The van der Waals surface area contributed by atoms with E-state index in [9.17, 15) is 16.8 Å². The molecule has 9 heteroatoms. The molecule has 0 amide bonds. The highest BCUT2D eigenvalue weighted by atomic mass is 32.2. The minimum Gasteiger partial charge on any atom is -0.318 e. The number of nitrogens with one attached hydrogen (secondary N) is 2. The molecule has 1 aromatic carbocycles. The maximum Gasteiger partial charge on any atom is 0.243 e. The first-order valence-corrected chi connectivity index (χ1v) is 11.7. The molecule has 1 aliphatic heterocycles. The van der Waals surface area contributed by atoms with Crippen LogP contribution in [-0.2, 0) is 20.0 Å². The van der Waals surface area contributed by atoms with Crippen LogP contribution in [0.1, 0.15) is 32.6 Å². The molecule has 2 rings (SSSR count). The first kappa shape index (κ1) is 20.2. The molecule has 25 heavy (non-hydrogen) atoms. The van der Waals surface area contributed by atoms with Crippen molar-refractivity contribution in [1.29, 1.82) is 0 Å². The molecule has 1 fully saturated rings. The molecule has 1 atom stereocenters. The Labute approximate surface area is 150 Å². The largest absolute Gasteiger partial charge is 0.318 e. The summed E-state index contributed by atoms with van der Waals surface area (Å²) in [5.74, 6) is 0.0586. The Bertz CT molecular complexity index is 761. The molecule has 1 saturated heterocycles. The van der Waals surface area contributed by atoms with Gasteiger partial charge < -0.3 is 5.32 Å². The van der Waals surface area contributed by atoms with E-state index in [0.717, 1.165) is 19.3 Å². The van der Waals surface area contributed by atoms with Crippen LogP contribution in [-0.4, -0.2) is 53.1 Å². The molecule has 1 heterocycles. The van der Waals surface area contributed by atoms with Crippen molar-refractivity contribution < 1.29 is 16.8 Å². The van der Waals surface area contributed by atoms with Gasteiger partial charge in [0, 0.05) is 24.8 Å². The molecule has 1 aromatic rings. The summed E-state index contributed by atoms with van der Waals surface area (Å²) in [6.45, 7) is 3.06. The Hall–Kier alpha value is -1.16. The number of anilines is 1. The lowest BCUT2D eigenvalue weighted by Gasteiger charge is -2.24. The fourth-order valence-electron chi connectivity index (χ4n) is 2.96. The van der Waals surface area contributed by atoms with Crippen molar-refractivity contribution in [3.05, 3.63) is 24.3 Å². The van der Waals surface area contributed by atoms with Gasteiger partial charge in [0.1, 0.15) is 0 Å². The summed E-state index contributed by atoms with van der Waals surface area (Å²) in [7, 11) is -5.16. The number of benzene rings is 1. The van der Waals surface area contributed by atoms with Crippen LogP contribution in [0.2, 0.25) is 0 Å². The standard InChI is InChI=1S/C16H27N3O4S2/c1-3-4-12-24(20,21)18-14-7-9-16(10-8-14)25(22,23)19-11-5-6-15(19)13-17-2/h7-10,15,17-18H,3-6,11-13H2,1-2H3. The number of hydrogen-bond acceptors (Lipinski definition) is 5. The predicted octanol–water partition coefficient (Wildman–Crippen LogP) is 1.60. The highest BCUT2D eigenvalue weighted by molar-refractivity contribution is 7.92. The highest BCUT2D eigenvalue weighted by Crippen LogP contribution is 2.26. The number of hydrogen-bond donors (Lipinski definition) is 2. The SMILES string of the molecule is CCCCS(=O)(=O)Nc1ccc(S(=O)(=O)N2CCCC2CNC)cc1. The molecular formula is C16H27N3O4S2. The zero-order valence-corrected chi connectivity index (χ0v) is 16.4. The fourth-order valence-corrected chi connectivity index (χ4v) is 5.92. The number of unbranched alkanes of at least 4 members (excludes halogenated alkanes) is 1. The molecule has 0 aromatic heterocycles. The molecule has 2 N–H and O–H groups in total. The van der Waals surface area contributed by atoms with Gasteiger partial charge in [-0.2, -0.15) is 4.31 Å². The van der Waals surface area contributed by atoms with Gasteiger partial charge in [-0.05, 0) is 50.6 Å². The van der Waals surface area contributed by atoms with Crippen molar-refractivity contribution >= 4 is 25.7 Å². The molecular weight excluding hydrogens is 362 g/mol. The highest BCUT2D eigenvalue weighted by Gasteiger charge is 2.34. The number of rotatable bonds is 9. The van der Waals surface area contributed by atoms with Crippen LogP contribution in [0.4, 0.5) is 5.69 Å². The Balaban J connectivity index is 2.13. The molecule has 0 saturated carbocycles. The predicted molar refractivity (Wildman–Crippen MR) is 99.6 cm³/mol. The lowest BCUT2D eigenvalue weighted by atomic mass is 10.2. The second-order valence-electron chi connectivity index (χ2n) is 6.27. The topological polar surface area (TPSA) is 95.6 Å². The Morgan fingerprint density at radius 2 is 1.84 bits per heavy atom. The van der Waals surface area contributed by atoms with Crippen LogP contribution in [0.3, 0.4) is 0 Å². The maximum absolute atomic E-state index is 12.8. The molecule has 1 aliphatic rings. The van der Waals surface area contributed by atoms with Crippen LogP contribution >= 0.6 is 0 Å². The van der Waals surface area contributed by atoms with Crippen molar-refractivity contribution in [2.75, 3.05) is 30.6 Å². The monoisotopic (exact) mass is 389 g/mol. The van der Waals surface area contributed by atoms with E-state index >= 15 is 0 Å². The first-order valence-electron chi connectivity index (χ1n) is 8.57. The molecule has 1 unspecified atom stereocenters. The second-order valence-corrected chi connectivity index (χ2v) is 10.0. The minimum atomic E-state index is -3.57. The number of likely N-dealkylation sites (N-methyl/N-ethyl adjacent to an activating group) is 1. The summed E-state index contributed by atoms with van der Waals surface area (Å²) >= 11 is 0. The summed E-state index contributed by atoms with van der Waals surface area (Å²) in [6.07, 6.45) is 3.07. The van der Waals surface area contributed by atoms with Gasteiger partial charge in [-0.3, -0.25) is 4.72 Å². The van der Waals surface area contributed by atoms with E-state index in [1.807, 2.05) is 14.0 Å². The van der Waals surface area contributed by atoms with Crippen LogP contribution in [0, 0.1) is 0 Å². The third-order valence-electron chi connectivity index (χ3n) is 4.26. The van der Waals surface area contributed by atoms with Crippen LogP contribution < -0.4 is 10.0 Å².